The molecule has 2 aromatic rings. The molecule has 23 heavy (non-hydrogen) atoms. The molecule has 0 unspecified atom stereocenters. The third-order valence-corrected chi connectivity index (χ3v) is 3.72. The highest BCUT2D eigenvalue weighted by Crippen LogP contribution is 2.25. The van der Waals surface area contributed by atoms with Crippen molar-refractivity contribution in [3.8, 4) is 5.75 Å². The molecule has 0 saturated heterocycles. The first kappa shape index (κ1) is 17.2. The predicted octanol–water partition coefficient (Wildman–Crippen LogP) is 3.46. The van der Waals surface area contributed by atoms with Crippen molar-refractivity contribution in [2.45, 2.75) is 13.5 Å². The molecule has 0 saturated carbocycles. The summed E-state index contributed by atoms with van der Waals surface area (Å²) < 4.78 is 5.87. The molecule has 0 aromatic heterocycles. The molecule has 120 valence electrons. The summed E-state index contributed by atoms with van der Waals surface area (Å²) in [4.78, 5) is 12.0. The fraction of sp³-hybridized carbons (Fsp3) is 0.176. The largest absolute Gasteiger partial charge is 0.506 e. The lowest BCUT2D eigenvalue weighted by Gasteiger charge is -2.04. The lowest BCUT2D eigenvalue weighted by Crippen LogP contribution is -2.17. The summed E-state index contributed by atoms with van der Waals surface area (Å²) in [6.07, 6.45) is 1.39. The number of nitrogens with zero attached hydrogens (tertiary/aromatic N) is 1. The Hall–Kier alpha value is -2.18. The molecule has 6 heteroatoms. The molecule has 1 amide bonds. The minimum absolute atomic E-state index is 0.0748. The van der Waals surface area contributed by atoms with Gasteiger partial charge in [-0.1, -0.05) is 18.2 Å². The first-order valence-electron chi connectivity index (χ1n) is 7.09. The minimum Gasteiger partial charge on any atom is -0.506 e. The number of ether oxygens (including phenoxy) is 1. The molecule has 0 radical (unpaired) electrons. The molecule has 0 spiro atoms. The van der Waals surface area contributed by atoms with E-state index in [0.29, 0.717) is 28.8 Å². The number of amides is 1. The summed E-state index contributed by atoms with van der Waals surface area (Å²) >= 11 is 3.22. The summed E-state index contributed by atoms with van der Waals surface area (Å²) in [5, 5.41) is 13.7. The molecule has 0 atom stereocenters. The zero-order chi connectivity index (χ0) is 16.7. The van der Waals surface area contributed by atoms with Crippen LogP contribution in [0, 0.1) is 0 Å². The Morgan fingerprint density at radius 2 is 2.04 bits per heavy atom. The second kappa shape index (κ2) is 8.45. The van der Waals surface area contributed by atoms with Crippen LogP contribution in [0.4, 0.5) is 0 Å². The Balaban J connectivity index is 1.96. The number of nitrogens with one attached hydrogen (secondary N) is 1. The van der Waals surface area contributed by atoms with Crippen LogP contribution in [0.5, 0.6) is 5.75 Å². The number of benzene rings is 2. The van der Waals surface area contributed by atoms with Crippen molar-refractivity contribution in [1.82, 2.24) is 5.43 Å². The number of rotatable bonds is 6. The lowest BCUT2D eigenvalue weighted by molar-refractivity contribution is 0.0955. The summed E-state index contributed by atoms with van der Waals surface area (Å²) in [6, 6.07) is 12.3. The molecule has 0 aliphatic carbocycles. The first-order chi connectivity index (χ1) is 11.1. The molecule has 0 aliphatic rings. The van der Waals surface area contributed by atoms with Crippen molar-refractivity contribution < 1.29 is 14.6 Å². The fourth-order valence-electron chi connectivity index (χ4n) is 1.83. The van der Waals surface area contributed by atoms with E-state index in [1.54, 1.807) is 30.3 Å². The van der Waals surface area contributed by atoms with E-state index < -0.39 is 0 Å². The Kier molecular flexibility index (Phi) is 6.31. The van der Waals surface area contributed by atoms with Gasteiger partial charge in [-0.05, 0) is 52.7 Å². The molecular formula is C17H17BrN2O3. The van der Waals surface area contributed by atoms with Crippen LogP contribution in [0.3, 0.4) is 0 Å². The van der Waals surface area contributed by atoms with Crippen molar-refractivity contribution in [3.05, 3.63) is 63.6 Å². The van der Waals surface area contributed by atoms with Crippen molar-refractivity contribution in [2.24, 2.45) is 5.10 Å². The van der Waals surface area contributed by atoms with Gasteiger partial charge in [-0.2, -0.15) is 5.10 Å². The maximum absolute atomic E-state index is 12.0. The number of carbonyl (C=O) groups excluding carboxylic acids is 1. The van der Waals surface area contributed by atoms with Crippen LogP contribution in [0.15, 0.2) is 52.0 Å². The Labute approximate surface area is 143 Å². The summed E-state index contributed by atoms with van der Waals surface area (Å²) in [6.45, 7) is 3.11. The molecule has 5 nitrogen and oxygen atoms in total. The zero-order valence-corrected chi connectivity index (χ0v) is 14.2. The third kappa shape index (κ3) is 4.91. The SMILES string of the molecule is CCOCc1ccc(C(=O)NN=Cc2cccc(Br)c2O)cc1. The maximum Gasteiger partial charge on any atom is 0.271 e. The van der Waals surface area contributed by atoms with Crippen molar-refractivity contribution in [3.63, 3.8) is 0 Å². The molecule has 0 bridgehead atoms. The average molecular weight is 377 g/mol. The fourth-order valence-corrected chi connectivity index (χ4v) is 2.21. The molecule has 2 aromatic carbocycles. The van der Waals surface area contributed by atoms with Gasteiger partial charge in [-0.15, -0.1) is 0 Å². The van der Waals surface area contributed by atoms with Gasteiger partial charge in [0.1, 0.15) is 5.75 Å². The van der Waals surface area contributed by atoms with Gasteiger partial charge in [0.15, 0.2) is 0 Å². The predicted molar refractivity (Wildman–Crippen MR) is 92.6 cm³/mol. The van der Waals surface area contributed by atoms with Crippen LogP contribution in [0.25, 0.3) is 0 Å². The van der Waals surface area contributed by atoms with Gasteiger partial charge in [0, 0.05) is 17.7 Å². The van der Waals surface area contributed by atoms with E-state index in [0.717, 1.165) is 5.56 Å². The number of aromatic hydroxyl groups is 1. The Morgan fingerprint density at radius 3 is 2.74 bits per heavy atom. The minimum atomic E-state index is -0.321. The van der Waals surface area contributed by atoms with E-state index >= 15 is 0 Å². The molecule has 0 fully saturated rings. The van der Waals surface area contributed by atoms with Gasteiger partial charge in [0.2, 0.25) is 0 Å². The van der Waals surface area contributed by atoms with Crippen LogP contribution in [-0.4, -0.2) is 23.8 Å². The number of phenolic OH excluding ortho intramolecular Hbond substituents is 1. The van der Waals surface area contributed by atoms with Crippen LogP contribution in [0.2, 0.25) is 0 Å². The zero-order valence-electron chi connectivity index (χ0n) is 12.6. The van der Waals surface area contributed by atoms with E-state index in [1.807, 2.05) is 19.1 Å². The van der Waals surface area contributed by atoms with E-state index in [2.05, 4.69) is 26.5 Å². The van der Waals surface area contributed by atoms with Gasteiger partial charge < -0.3 is 9.84 Å². The number of hydrogen-bond acceptors (Lipinski definition) is 4. The number of phenols is 1. The van der Waals surface area contributed by atoms with Crippen molar-refractivity contribution in [2.75, 3.05) is 6.61 Å². The van der Waals surface area contributed by atoms with Crippen molar-refractivity contribution >= 4 is 28.1 Å². The highest BCUT2D eigenvalue weighted by Gasteiger charge is 2.05. The van der Waals surface area contributed by atoms with Crippen LogP contribution in [0.1, 0.15) is 28.4 Å². The molecule has 2 N–H and O–H groups in total. The second-order valence-electron chi connectivity index (χ2n) is 4.71. The standard InChI is InChI=1S/C17H17BrN2O3/c1-2-23-11-12-6-8-13(9-7-12)17(22)20-19-10-14-4-3-5-15(18)16(14)21/h3-10,21H,2,11H2,1H3,(H,20,22). The highest BCUT2D eigenvalue weighted by atomic mass is 79.9. The van der Waals surface area contributed by atoms with E-state index in [-0.39, 0.29) is 11.7 Å². The monoisotopic (exact) mass is 376 g/mol. The van der Waals surface area contributed by atoms with Gasteiger partial charge in [0.25, 0.3) is 5.91 Å². The normalized spacial score (nSPS) is 10.9. The topological polar surface area (TPSA) is 70.9 Å². The Morgan fingerprint density at radius 1 is 1.30 bits per heavy atom. The number of carbonyl (C=O) groups is 1. The first-order valence-corrected chi connectivity index (χ1v) is 7.88. The summed E-state index contributed by atoms with van der Waals surface area (Å²) in [7, 11) is 0. The van der Waals surface area contributed by atoms with Gasteiger partial charge in [-0.3, -0.25) is 4.79 Å². The van der Waals surface area contributed by atoms with E-state index in [4.69, 9.17) is 4.74 Å². The van der Waals surface area contributed by atoms with E-state index in [1.165, 1.54) is 6.21 Å². The number of hydrazone groups is 1. The molecule has 2 rings (SSSR count). The van der Waals surface area contributed by atoms with Gasteiger partial charge in [0.05, 0.1) is 17.3 Å². The smallest absolute Gasteiger partial charge is 0.271 e. The lowest BCUT2D eigenvalue weighted by atomic mass is 10.1. The average Bonchev–Trinajstić information content (AvgIpc) is 2.57. The quantitative estimate of drug-likeness (QED) is 0.598. The second-order valence-corrected chi connectivity index (χ2v) is 5.57. The van der Waals surface area contributed by atoms with Crippen molar-refractivity contribution in [1.29, 1.82) is 0 Å². The number of halogens is 1. The Bertz CT molecular complexity index is 699. The van der Waals surface area contributed by atoms with Crippen LogP contribution < -0.4 is 5.43 Å². The van der Waals surface area contributed by atoms with Gasteiger partial charge >= 0.3 is 0 Å². The molecule has 0 heterocycles. The van der Waals surface area contributed by atoms with Gasteiger partial charge in [-0.25, -0.2) is 5.43 Å². The maximum atomic E-state index is 12.0. The van der Waals surface area contributed by atoms with E-state index in [9.17, 15) is 9.90 Å². The summed E-state index contributed by atoms with van der Waals surface area (Å²) in [5.74, 6) is -0.246. The number of para-hydroxylation sites is 1. The summed E-state index contributed by atoms with van der Waals surface area (Å²) in [5.41, 5.74) is 4.44. The van der Waals surface area contributed by atoms with Crippen LogP contribution in [-0.2, 0) is 11.3 Å². The molecule has 0 aliphatic heterocycles. The number of hydrogen-bond donors (Lipinski definition) is 2. The van der Waals surface area contributed by atoms with Crippen LogP contribution >= 0.6 is 15.9 Å². The third-order valence-electron chi connectivity index (χ3n) is 3.08. The molecular weight excluding hydrogens is 360 g/mol. The highest BCUT2D eigenvalue weighted by molar-refractivity contribution is 9.10.